The highest BCUT2D eigenvalue weighted by atomic mass is 32.2. The summed E-state index contributed by atoms with van der Waals surface area (Å²) in [6.45, 7) is 2.75. The van der Waals surface area contributed by atoms with E-state index in [1.807, 2.05) is 0 Å². The number of nitrogens with zero attached hydrogens (tertiary/aromatic N) is 2. The lowest BCUT2D eigenvalue weighted by atomic mass is 10.3. The molecule has 1 aromatic heterocycles. The minimum Gasteiger partial charge on any atom is -0.378 e. The molecule has 0 saturated carbocycles. The molecule has 27 heavy (non-hydrogen) atoms. The molecule has 0 spiro atoms. The fourth-order valence-corrected chi connectivity index (χ4v) is 5.06. The summed E-state index contributed by atoms with van der Waals surface area (Å²) in [5.41, 5.74) is 0.934. The molecule has 0 unspecified atom stereocenters. The summed E-state index contributed by atoms with van der Waals surface area (Å²) in [6.07, 6.45) is 0. The van der Waals surface area contributed by atoms with Crippen LogP contribution in [0.2, 0.25) is 0 Å². The van der Waals surface area contributed by atoms with Crippen molar-refractivity contribution in [3.8, 4) is 0 Å². The van der Waals surface area contributed by atoms with Crippen molar-refractivity contribution in [1.29, 1.82) is 0 Å². The van der Waals surface area contributed by atoms with E-state index in [0.29, 0.717) is 13.2 Å². The molecule has 2 aromatic carbocycles. The predicted octanol–water partition coefficient (Wildman–Crippen LogP) is 3.21. The number of ether oxygens (including phenoxy) is 1. The number of thiazole rings is 1. The highest BCUT2D eigenvalue weighted by Gasteiger charge is 2.24. The van der Waals surface area contributed by atoms with Crippen LogP contribution in [0.3, 0.4) is 0 Å². The van der Waals surface area contributed by atoms with Gasteiger partial charge in [-0.25, -0.2) is 22.2 Å². The number of sulfonamides is 1. The van der Waals surface area contributed by atoms with Crippen LogP contribution in [0.4, 0.5) is 19.6 Å². The van der Waals surface area contributed by atoms with Gasteiger partial charge in [-0.15, -0.1) is 0 Å². The molecule has 4 rings (SSSR count). The first-order chi connectivity index (χ1) is 12.9. The van der Waals surface area contributed by atoms with Crippen LogP contribution in [0.15, 0.2) is 41.3 Å². The number of nitrogens with one attached hydrogen (secondary N) is 1. The van der Waals surface area contributed by atoms with E-state index in [4.69, 9.17) is 4.74 Å². The third kappa shape index (κ3) is 3.60. The molecule has 0 amide bonds. The van der Waals surface area contributed by atoms with E-state index in [2.05, 4.69) is 14.6 Å². The van der Waals surface area contributed by atoms with Crippen LogP contribution in [0.1, 0.15) is 0 Å². The minimum atomic E-state index is -4.40. The van der Waals surface area contributed by atoms with E-state index in [-0.39, 0.29) is 5.69 Å². The molecule has 6 nitrogen and oxygen atoms in total. The summed E-state index contributed by atoms with van der Waals surface area (Å²) in [4.78, 5) is 5.66. The summed E-state index contributed by atoms with van der Waals surface area (Å²) in [6, 6.07) is 7.71. The van der Waals surface area contributed by atoms with E-state index in [9.17, 15) is 17.2 Å². The van der Waals surface area contributed by atoms with Crippen LogP contribution < -0.4 is 9.62 Å². The average molecular weight is 411 g/mol. The van der Waals surface area contributed by atoms with Gasteiger partial charge in [-0.05, 0) is 30.3 Å². The number of morpholine rings is 1. The number of halogens is 2. The lowest BCUT2D eigenvalue weighted by Crippen LogP contribution is -2.36. The van der Waals surface area contributed by atoms with Crippen molar-refractivity contribution in [3.63, 3.8) is 0 Å². The van der Waals surface area contributed by atoms with Gasteiger partial charge in [-0.2, -0.15) is 0 Å². The van der Waals surface area contributed by atoms with Crippen molar-refractivity contribution >= 4 is 42.4 Å². The van der Waals surface area contributed by atoms with Crippen LogP contribution in [0, 0.1) is 11.6 Å². The van der Waals surface area contributed by atoms with Crippen molar-refractivity contribution in [2.75, 3.05) is 35.9 Å². The second kappa shape index (κ2) is 7.02. The first kappa shape index (κ1) is 18.1. The summed E-state index contributed by atoms with van der Waals surface area (Å²) < 4.78 is 60.8. The Bertz CT molecular complexity index is 1080. The van der Waals surface area contributed by atoms with E-state index < -0.39 is 26.6 Å². The summed E-state index contributed by atoms with van der Waals surface area (Å²) >= 11 is 1.42. The van der Waals surface area contributed by atoms with Crippen molar-refractivity contribution < 1.29 is 21.9 Å². The normalized spacial score (nSPS) is 15.3. The smallest absolute Gasteiger partial charge is 0.267 e. The molecule has 1 aliphatic rings. The summed E-state index contributed by atoms with van der Waals surface area (Å²) in [5.74, 6) is -2.29. The van der Waals surface area contributed by atoms with E-state index >= 15 is 0 Å². The monoisotopic (exact) mass is 411 g/mol. The van der Waals surface area contributed by atoms with Gasteiger partial charge >= 0.3 is 0 Å². The topological polar surface area (TPSA) is 71.5 Å². The highest BCUT2D eigenvalue weighted by molar-refractivity contribution is 7.92. The fraction of sp³-hybridized carbons (Fsp3) is 0.235. The third-order valence-corrected chi connectivity index (χ3v) is 6.61. The lowest BCUT2D eigenvalue weighted by molar-refractivity contribution is 0.122. The van der Waals surface area contributed by atoms with Gasteiger partial charge in [0.15, 0.2) is 10.0 Å². The second-order valence-electron chi connectivity index (χ2n) is 5.93. The number of hydrogen-bond acceptors (Lipinski definition) is 6. The van der Waals surface area contributed by atoms with Gasteiger partial charge < -0.3 is 9.64 Å². The Morgan fingerprint density at radius 3 is 2.52 bits per heavy atom. The Balaban J connectivity index is 1.64. The van der Waals surface area contributed by atoms with Crippen LogP contribution in [0.5, 0.6) is 0 Å². The molecule has 1 N–H and O–H groups in total. The van der Waals surface area contributed by atoms with Gasteiger partial charge in [-0.1, -0.05) is 17.4 Å². The molecule has 0 aliphatic carbocycles. The second-order valence-corrected chi connectivity index (χ2v) is 8.56. The Morgan fingerprint density at radius 1 is 1.11 bits per heavy atom. The molecule has 10 heteroatoms. The number of fused-ring (bicyclic) bond motifs is 1. The zero-order valence-electron chi connectivity index (χ0n) is 14.0. The number of aromatic nitrogens is 1. The Labute approximate surface area is 158 Å². The molecule has 1 saturated heterocycles. The predicted molar refractivity (Wildman–Crippen MR) is 99.8 cm³/mol. The maximum Gasteiger partial charge on any atom is 0.267 e. The van der Waals surface area contributed by atoms with Crippen molar-refractivity contribution in [2.24, 2.45) is 0 Å². The third-order valence-electron chi connectivity index (χ3n) is 4.10. The number of hydrogen-bond donors (Lipinski definition) is 1. The molecule has 0 bridgehead atoms. The van der Waals surface area contributed by atoms with E-state index in [1.54, 1.807) is 12.1 Å². The molecule has 1 fully saturated rings. The zero-order valence-corrected chi connectivity index (χ0v) is 15.6. The molecule has 0 atom stereocenters. The largest absolute Gasteiger partial charge is 0.378 e. The molecule has 0 radical (unpaired) electrons. The van der Waals surface area contributed by atoms with Crippen molar-refractivity contribution in [2.45, 2.75) is 4.90 Å². The van der Waals surface area contributed by atoms with Crippen LogP contribution in [0.25, 0.3) is 10.2 Å². The first-order valence-electron chi connectivity index (χ1n) is 8.14. The zero-order chi connectivity index (χ0) is 19.0. The summed E-state index contributed by atoms with van der Waals surface area (Å²) in [7, 11) is -4.40. The van der Waals surface area contributed by atoms with Gasteiger partial charge in [0.2, 0.25) is 0 Å². The Kier molecular flexibility index (Phi) is 4.70. The van der Waals surface area contributed by atoms with Crippen LogP contribution in [-0.4, -0.2) is 39.7 Å². The first-order valence-corrected chi connectivity index (χ1v) is 10.4. The molecule has 2 heterocycles. The van der Waals surface area contributed by atoms with Gasteiger partial charge in [0, 0.05) is 13.1 Å². The van der Waals surface area contributed by atoms with Crippen LogP contribution in [-0.2, 0) is 14.8 Å². The van der Waals surface area contributed by atoms with E-state index in [0.717, 1.165) is 46.6 Å². The van der Waals surface area contributed by atoms with Crippen molar-refractivity contribution in [1.82, 2.24) is 4.98 Å². The molecule has 142 valence electrons. The minimum absolute atomic E-state index is 0.210. The molecular formula is C17H15F2N3O3S2. The molecular weight excluding hydrogens is 396 g/mol. The van der Waals surface area contributed by atoms with Gasteiger partial charge in [0.1, 0.15) is 11.6 Å². The summed E-state index contributed by atoms with van der Waals surface area (Å²) in [5, 5.41) is 0.827. The lowest BCUT2D eigenvalue weighted by Gasteiger charge is -2.25. The van der Waals surface area contributed by atoms with E-state index in [1.165, 1.54) is 17.4 Å². The SMILES string of the molecule is O=S(=O)(Nc1ccc2nc(N3CCOCC3)sc2c1)c1c(F)cccc1F. The Morgan fingerprint density at radius 2 is 1.81 bits per heavy atom. The average Bonchev–Trinajstić information content (AvgIpc) is 3.05. The van der Waals surface area contributed by atoms with Crippen molar-refractivity contribution in [3.05, 3.63) is 48.0 Å². The molecule has 1 aliphatic heterocycles. The maximum atomic E-state index is 13.8. The van der Waals surface area contributed by atoms with Crippen LogP contribution >= 0.6 is 11.3 Å². The number of anilines is 2. The molecule has 3 aromatic rings. The number of benzene rings is 2. The maximum absolute atomic E-state index is 13.8. The standard InChI is InChI=1S/C17H15F2N3O3S2/c18-12-2-1-3-13(19)16(12)27(23,24)21-11-4-5-14-15(10-11)26-17(20-14)22-6-8-25-9-7-22/h1-5,10,21H,6-9H2. The highest BCUT2D eigenvalue weighted by Crippen LogP contribution is 2.32. The quantitative estimate of drug-likeness (QED) is 0.714. The van der Waals surface area contributed by atoms with Gasteiger partial charge in [0.25, 0.3) is 10.0 Å². The Hall–Kier alpha value is -2.30. The van der Waals surface area contributed by atoms with Gasteiger partial charge in [0.05, 0.1) is 29.1 Å². The van der Waals surface area contributed by atoms with Gasteiger partial charge in [-0.3, -0.25) is 4.72 Å². The fourth-order valence-electron chi connectivity index (χ4n) is 2.81. The number of rotatable bonds is 4.